The van der Waals surface area contributed by atoms with E-state index in [0.717, 1.165) is 48.5 Å². The van der Waals surface area contributed by atoms with Gasteiger partial charge in [-0.15, -0.1) is 0 Å². The van der Waals surface area contributed by atoms with Crippen molar-refractivity contribution >= 4 is 5.91 Å². The quantitative estimate of drug-likeness (QED) is 0.753. The Kier molecular flexibility index (Phi) is 6.42. The fraction of sp³-hybridized carbons (Fsp3) is 0.478. The molecule has 0 radical (unpaired) electrons. The van der Waals surface area contributed by atoms with Gasteiger partial charge in [0.05, 0.1) is 38.6 Å². The molecule has 2 aliphatic rings. The van der Waals surface area contributed by atoms with E-state index in [1.807, 2.05) is 23.1 Å². The van der Waals surface area contributed by atoms with Crippen molar-refractivity contribution in [3.8, 4) is 5.75 Å². The third kappa shape index (κ3) is 4.77. The van der Waals surface area contributed by atoms with Crippen LogP contribution >= 0.6 is 0 Å². The lowest BCUT2D eigenvalue weighted by Gasteiger charge is -2.30. The second kappa shape index (κ2) is 9.37. The number of benzene rings is 1. The summed E-state index contributed by atoms with van der Waals surface area (Å²) < 4.78 is 10.8. The molecule has 1 aromatic carbocycles. The second-order valence-electron chi connectivity index (χ2n) is 7.66. The zero-order valence-corrected chi connectivity index (χ0v) is 17.0. The van der Waals surface area contributed by atoms with E-state index < -0.39 is 0 Å². The highest BCUT2D eigenvalue weighted by atomic mass is 16.5. The Hall–Kier alpha value is -2.44. The highest BCUT2D eigenvalue weighted by Gasteiger charge is 2.30. The minimum Gasteiger partial charge on any atom is -0.496 e. The molecular weight excluding hydrogens is 366 g/mol. The van der Waals surface area contributed by atoms with Crippen molar-refractivity contribution in [1.29, 1.82) is 0 Å². The summed E-state index contributed by atoms with van der Waals surface area (Å²) in [6.45, 7) is 4.08. The Morgan fingerprint density at radius 3 is 2.79 bits per heavy atom. The maximum Gasteiger partial charge on any atom is 0.236 e. The van der Waals surface area contributed by atoms with Crippen LogP contribution < -0.4 is 4.74 Å². The summed E-state index contributed by atoms with van der Waals surface area (Å²) in [6.07, 6.45) is 2.87. The number of carbonyl (C=O) groups excluding carboxylic acids is 1. The molecule has 3 heterocycles. The van der Waals surface area contributed by atoms with Crippen molar-refractivity contribution in [1.82, 2.24) is 14.8 Å². The molecule has 1 amide bonds. The van der Waals surface area contributed by atoms with Crippen molar-refractivity contribution < 1.29 is 14.3 Å². The first-order valence-electron chi connectivity index (χ1n) is 10.4. The monoisotopic (exact) mass is 395 g/mol. The van der Waals surface area contributed by atoms with Crippen LogP contribution in [0.15, 0.2) is 42.5 Å². The molecule has 29 heavy (non-hydrogen) atoms. The van der Waals surface area contributed by atoms with Gasteiger partial charge in [-0.1, -0.05) is 24.3 Å². The highest BCUT2D eigenvalue weighted by Crippen LogP contribution is 2.31. The zero-order chi connectivity index (χ0) is 20.1. The van der Waals surface area contributed by atoms with Crippen LogP contribution in [0.1, 0.15) is 35.8 Å². The molecule has 0 saturated carbocycles. The summed E-state index contributed by atoms with van der Waals surface area (Å²) in [5.74, 6) is 1.09. The number of carbonyl (C=O) groups is 1. The number of likely N-dealkylation sites (tertiary alicyclic amines) is 1. The predicted molar refractivity (Wildman–Crippen MR) is 111 cm³/mol. The molecule has 0 N–H and O–H groups in total. The Morgan fingerprint density at radius 2 is 1.97 bits per heavy atom. The third-order valence-corrected chi connectivity index (χ3v) is 5.80. The molecule has 6 nitrogen and oxygen atoms in total. The summed E-state index contributed by atoms with van der Waals surface area (Å²) in [7, 11) is 1.70. The summed E-state index contributed by atoms with van der Waals surface area (Å²) in [5, 5.41) is 0. The van der Waals surface area contributed by atoms with Gasteiger partial charge in [0.15, 0.2) is 0 Å². The maximum atomic E-state index is 12.7. The molecule has 2 aliphatic heterocycles. The van der Waals surface area contributed by atoms with Crippen LogP contribution in [-0.4, -0.2) is 67.2 Å². The normalized spacial score (nSPS) is 20.0. The van der Waals surface area contributed by atoms with Crippen LogP contribution in [0.4, 0.5) is 0 Å². The number of pyridine rings is 1. The van der Waals surface area contributed by atoms with E-state index in [1.165, 1.54) is 0 Å². The number of para-hydroxylation sites is 1. The van der Waals surface area contributed by atoms with Crippen LogP contribution in [0, 0.1) is 0 Å². The Labute approximate surface area is 172 Å². The fourth-order valence-electron chi connectivity index (χ4n) is 4.26. The van der Waals surface area contributed by atoms with Gasteiger partial charge < -0.3 is 14.4 Å². The topological polar surface area (TPSA) is 54.9 Å². The van der Waals surface area contributed by atoms with Crippen molar-refractivity contribution in [2.75, 3.05) is 46.5 Å². The Morgan fingerprint density at radius 1 is 1.14 bits per heavy atom. The minimum absolute atomic E-state index is 0.199. The highest BCUT2D eigenvalue weighted by molar-refractivity contribution is 5.78. The smallest absolute Gasteiger partial charge is 0.236 e. The lowest BCUT2D eigenvalue weighted by Crippen LogP contribution is -2.45. The molecule has 2 saturated heterocycles. The largest absolute Gasteiger partial charge is 0.496 e. The number of ether oxygens (including phenoxy) is 2. The maximum absolute atomic E-state index is 12.7. The van der Waals surface area contributed by atoms with Crippen LogP contribution in [0.5, 0.6) is 5.75 Å². The number of morpholine rings is 1. The van der Waals surface area contributed by atoms with E-state index in [9.17, 15) is 4.79 Å². The van der Waals surface area contributed by atoms with E-state index in [4.69, 9.17) is 14.5 Å². The molecule has 0 bridgehead atoms. The van der Waals surface area contributed by atoms with E-state index in [-0.39, 0.29) is 11.9 Å². The first kappa shape index (κ1) is 19.9. The van der Waals surface area contributed by atoms with E-state index in [1.54, 1.807) is 7.11 Å². The first-order valence-corrected chi connectivity index (χ1v) is 10.4. The summed E-state index contributed by atoms with van der Waals surface area (Å²) in [4.78, 5) is 21.9. The van der Waals surface area contributed by atoms with Crippen molar-refractivity contribution in [2.24, 2.45) is 0 Å². The van der Waals surface area contributed by atoms with Crippen LogP contribution in [0.2, 0.25) is 0 Å². The lowest BCUT2D eigenvalue weighted by molar-refractivity contribution is -0.136. The number of nitrogens with zero attached hydrogens (tertiary/aromatic N) is 3. The van der Waals surface area contributed by atoms with Crippen LogP contribution in [0.25, 0.3) is 0 Å². The number of rotatable bonds is 6. The molecule has 1 atom stereocenters. The summed E-state index contributed by atoms with van der Waals surface area (Å²) >= 11 is 0. The van der Waals surface area contributed by atoms with Gasteiger partial charge in [0.25, 0.3) is 0 Å². The minimum atomic E-state index is 0.199. The first-order chi connectivity index (χ1) is 14.2. The van der Waals surface area contributed by atoms with Crippen molar-refractivity contribution in [2.45, 2.75) is 25.3 Å². The number of hydrogen-bond donors (Lipinski definition) is 0. The predicted octanol–water partition coefficient (Wildman–Crippen LogP) is 2.68. The molecular formula is C23H29N3O3. The van der Waals surface area contributed by atoms with Gasteiger partial charge in [-0.3, -0.25) is 14.7 Å². The van der Waals surface area contributed by atoms with E-state index in [0.29, 0.717) is 32.8 Å². The average Bonchev–Trinajstić information content (AvgIpc) is 3.23. The van der Waals surface area contributed by atoms with E-state index in [2.05, 4.69) is 29.2 Å². The van der Waals surface area contributed by atoms with Gasteiger partial charge in [-0.2, -0.15) is 0 Å². The number of aromatic nitrogens is 1. The van der Waals surface area contributed by atoms with Crippen molar-refractivity contribution in [3.63, 3.8) is 0 Å². The standard InChI is InChI=1S/C23H29N3O3/c1-28-22-10-3-2-6-18(22)16-19-7-4-8-20(24-19)21-9-5-11-26(21)17-23(27)25-12-14-29-15-13-25/h2-4,6-8,10,21H,5,9,11-17H2,1H3/t21-/m0/s1. The molecule has 2 aromatic rings. The number of methoxy groups -OCH3 is 1. The lowest BCUT2D eigenvalue weighted by atomic mass is 10.1. The zero-order valence-electron chi connectivity index (χ0n) is 17.0. The number of amides is 1. The molecule has 2 fully saturated rings. The van der Waals surface area contributed by atoms with Gasteiger partial charge in [0.1, 0.15) is 5.75 Å². The molecule has 0 unspecified atom stereocenters. The van der Waals surface area contributed by atoms with Crippen LogP contribution in [0.3, 0.4) is 0 Å². The van der Waals surface area contributed by atoms with Gasteiger partial charge in [0, 0.05) is 30.8 Å². The van der Waals surface area contributed by atoms with Crippen LogP contribution in [-0.2, 0) is 16.0 Å². The molecule has 6 heteroatoms. The third-order valence-electron chi connectivity index (χ3n) is 5.80. The average molecular weight is 396 g/mol. The molecule has 154 valence electrons. The summed E-state index contributed by atoms with van der Waals surface area (Å²) in [6, 6.07) is 14.5. The molecule has 4 rings (SSSR count). The second-order valence-corrected chi connectivity index (χ2v) is 7.66. The fourth-order valence-corrected chi connectivity index (χ4v) is 4.26. The summed E-state index contributed by atoms with van der Waals surface area (Å²) in [5.41, 5.74) is 3.22. The van der Waals surface area contributed by atoms with E-state index >= 15 is 0 Å². The Bertz CT molecular complexity index is 836. The molecule has 0 aliphatic carbocycles. The molecule has 1 aromatic heterocycles. The van der Waals surface area contributed by atoms with Crippen molar-refractivity contribution in [3.05, 3.63) is 59.4 Å². The SMILES string of the molecule is COc1ccccc1Cc1cccc([C@@H]2CCCN2CC(=O)N2CCOCC2)n1. The molecule has 0 spiro atoms. The van der Waals surface area contributed by atoms with Gasteiger partial charge in [-0.25, -0.2) is 0 Å². The number of hydrogen-bond acceptors (Lipinski definition) is 5. The van der Waals surface area contributed by atoms with Gasteiger partial charge in [0.2, 0.25) is 5.91 Å². The Balaban J connectivity index is 1.46. The van der Waals surface area contributed by atoms with Gasteiger partial charge in [-0.05, 0) is 37.6 Å². The van der Waals surface area contributed by atoms with Gasteiger partial charge >= 0.3 is 0 Å².